The second-order valence-corrected chi connectivity index (χ2v) is 3.00. The molecule has 0 spiro atoms. The van der Waals surface area contributed by atoms with Gasteiger partial charge < -0.3 is 5.32 Å². The Morgan fingerprint density at radius 3 is 2.75 bits per heavy atom. The summed E-state index contributed by atoms with van der Waals surface area (Å²) in [6, 6.07) is 0. The predicted molar refractivity (Wildman–Crippen MR) is 45.8 cm³/mol. The van der Waals surface area contributed by atoms with Gasteiger partial charge in [-0.25, -0.2) is 0 Å². The molecule has 0 aliphatic heterocycles. The molecule has 5 heteroatoms. The number of likely N-dealkylation sites (N-methyl/N-ethyl adjacent to an activating group) is 1. The number of hydrogen-bond acceptors (Lipinski definition) is 4. The minimum Gasteiger partial charge on any atom is -0.318 e. The van der Waals surface area contributed by atoms with Gasteiger partial charge >= 0.3 is 0 Å². The minimum absolute atomic E-state index is 0.355. The minimum atomic E-state index is 0.355. The fourth-order valence-corrected chi connectivity index (χ4v) is 0.793. The van der Waals surface area contributed by atoms with E-state index < -0.39 is 0 Å². The first kappa shape index (κ1) is 9.12. The summed E-state index contributed by atoms with van der Waals surface area (Å²) >= 11 is 0. The van der Waals surface area contributed by atoms with Gasteiger partial charge in [-0.15, -0.1) is 10.2 Å². The average Bonchev–Trinajstić information content (AvgIpc) is 2.48. The van der Waals surface area contributed by atoms with Crippen LogP contribution in [0.2, 0.25) is 0 Å². The summed E-state index contributed by atoms with van der Waals surface area (Å²) in [5.74, 6) is 1.17. The molecule has 5 nitrogen and oxygen atoms in total. The third kappa shape index (κ3) is 2.27. The summed E-state index contributed by atoms with van der Waals surface area (Å²) < 4.78 is 0. The van der Waals surface area contributed by atoms with Crippen molar-refractivity contribution < 1.29 is 0 Å². The smallest absolute Gasteiger partial charge is 0.177 e. The number of hydrogen-bond donors (Lipinski definition) is 1. The van der Waals surface area contributed by atoms with E-state index in [0.29, 0.717) is 5.92 Å². The Balaban J connectivity index is 2.52. The molecule has 0 bridgehead atoms. The molecule has 0 aliphatic rings. The topological polar surface area (TPSA) is 55.6 Å². The zero-order valence-corrected chi connectivity index (χ0v) is 7.78. The third-order valence-corrected chi connectivity index (χ3v) is 1.55. The Kier molecular flexibility index (Phi) is 3.16. The van der Waals surface area contributed by atoms with E-state index >= 15 is 0 Å². The highest BCUT2D eigenvalue weighted by molar-refractivity contribution is 4.84. The van der Waals surface area contributed by atoms with Gasteiger partial charge in [0.25, 0.3) is 0 Å². The van der Waals surface area contributed by atoms with Crippen LogP contribution in [0.3, 0.4) is 0 Å². The van der Waals surface area contributed by atoms with Gasteiger partial charge in [0.1, 0.15) is 0 Å². The quantitative estimate of drug-likeness (QED) is 0.690. The highest BCUT2D eigenvalue weighted by Crippen LogP contribution is 2.04. The number of nitrogens with one attached hydrogen (secondary N) is 1. The lowest BCUT2D eigenvalue weighted by molar-refractivity contribution is 0.505. The fraction of sp³-hybridized carbons (Fsp3) is 0.857. The van der Waals surface area contributed by atoms with Crippen molar-refractivity contribution in [1.29, 1.82) is 0 Å². The van der Waals surface area contributed by atoms with Gasteiger partial charge in [-0.2, -0.15) is 4.80 Å². The van der Waals surface area contributed by atoms with E-state index in [2.05, 4.69) is 34.6 Å². The second-order valence-electron chi connectivity index (χ2n) is 3.00. The summed E-state index contributed by atoms with van der Waals surface area (Å²) in [4.78, 5) is 1.62. The van der Waals surface area contributed by atoms with Crippen molar-refractivity contribution in [3.63, 3.8) is 0 Å². The van der Waals surface area contributed by atoms with E-state index in [1.807, 2.05) is 7.05 Å². The maximum Gasteiger partial charge on any atom is 0.177 e. The van der Waals surface area contributed by atoms with Crippen molar-refractivity contribution in [2.45, 2.75) is 26.3 Å². The number of nitrogens with zero attached hydrogens (tertiary/aromatic N) is 4. The molecule has 0 atom stereocenters. The molecule has 1 heterocycles. The zero-order chi connectivity index (χ0) is 8.97. The van der Waals surface area contributed by atoms with Crippen molar-refractivity contribution >= 4 is 0 Å². The lowest BCUT2D eigenvalue weighted by atomic mass is 10.2. The van der Waals surface area contributed by atoms with Crippen LogP contribution in [0.1, 0.15) is 25.6 Å². The Hall–Kier alpha value is -0.970. The van der Waals surface area contributed by atoms with Gasteiger partial charge in [0, 0.05) is 12.5 Å². The van der Waals surface area contributed by atoms with E-state index in [-0.39, 0.29) is 0 Å². The van der Waals surface area contributed by atoms with Crippen molar-refractivity contribution in [1.82, 2.24) is 25.5 Å². The van der Waals surface area contributed by atoms with E-state index in [9.17, 15) is 0 Å². The van der Waals surface area contributed by atoms with E-state index in [4.69, 9.17) is 0 Å². The third-order valence-electron chi connectivity index (χ3n) is 1.55. The first-order chi connectivity index (χ1) is 5.74. The van der Waals surface area contributed by atoms with E-state index in [1.54, 1.807) is 4.80 Å². The number of aromatic nitrogens is 4. The number of rotatable bonds is 4. The van der Waals surface area contributed by atoms with Crippen LogP contribution in [0.15, 0.2) is 0 Å². The van der Waals surface area contributed by atoms with Crippen LogP contribution in [0, 0.1) is 0 Å². The summed E-state index contributed by atoms with van der Waals surface area (Å²) in [5.41, 5.74) is 0. The summed E-state index contributed by atoms with van der Waals surface area (Å²) in [6.45, 7) is 5.75. The molecule has 68 valence electrons. The highest BCUT2D eigenvalue weighted by atomic mass is 15.6. The van der Waals surface area contributed by atoms with Gasteiger partial charge in [-0.1, -0.05) is 13.8 Å². The number of tetrazole rings is 1. The summed E-state index contributed by atoms with van der Waals surface area (Å²) in [6.07, 6.45) is 0. The molecular weight excluding hydrogens is 154 g/mol. The lowest BCUT2D eigenvalue weighted by Gasteiger charge is -1.96. The molecule has 0 aromatic carbocycles. The van der Waals surface area contributed by atoms with Crippen LogP contribution in [-0.2, 0) is 6.54 Å². The van der Waals surface area contributed by atoms with Crippen LogP contribution >= 0.6 is 0 Å². The van der Waals surface area contributed by atoms with E-state index in [0.717, 1.165) is 18.9 Å². The molecule has 0 amide bonds. The van der Waals surface area contributed by atoms with Crippen LogP contribution in [0.5, 0.6) is 0 Å². The Morgan fingerprint density at radius 2 is 2.25 bits per heavy atom. The maximum atomic E-state index is 4.20. The van der Waals surface area contributed by atoms with Gasteiger partial charge in [0.15, 0.2) is 5.82 Å². The molecule has 0 aliphatic carbocycles. The molecule has 1 rings (SSSR count). The molecule has 1 aromatic heterocycles. The molecule has 1 aromatic rings. The molecule has 0 saturated carbocycles. The molecule has 0 unspecified atom stereocenters. The largest absolute Gasteiger partial charge is 0.318 e. The van der Waals surface area contributed by atoms with Crippen molar-refractivity contribution in [3.8, 4) is 0 Å². The van der Waals surface area contributed by atoms with Crippen LogP contribution in [-0.4, -0.2) is 33.8 Å². The van der Waals surface area contributed by atoms with E-state index in [1.165, 1.54) is 0 Å². The first-order valence-electron chi connectivity index (χ1n) is 4.16. The highest BCUT2D eigenvalue weighted by Gasteiger charge is 2.05. The Morgan fingerprint density at radius 1 is 1.50 bits per heavy atom. The van der Waals surface area contributed by atoms with Gasteiger partial charge in [-0.05, 0) is 12.3 Å². The van der Waals surface area contributed by atoms with Crippen LogP contribution in [0.4, 0.5) is 0 Å². The molecule has 1 N–H and O–H groups in total. The van der Waals surface area contributed by atoms with Gasteiger partial charge in [0.05, 0.1) is 6.54 Å². The summed E-state index contributed by atoms with van der Waals surface area (Å²) in [7, 11) is 1.90. The first-order valence-corrected chi connectivity index (χ1v) is 4.16. The predicted octanol–water partition coefficient (Wildman–Crippen LogP) is 0.0159. The van der Waals surface area contributed by atoms with Crippen molar-refractivity contribution in [3.05, 3.63) is 5.82 Å². The Bertz CT molecular complexity index is 229. The lowest BCUT2D eigenvalue weighted by Crippen LogP contribution is -2.16. The molecule has 12 heavy (non-hydrogen) atoms. The zero-order valence-electron chi connectivity index (χ0n) is 7.78. The van der Waals surface area contributed by atoms with Gasteiger partial charge in [-0.3, -0.25) is 0 Å². The van der Waals surface area contributed by atoms with Crippen molar-refractivity contribution in [2.24, 2.45) is 0 Å². The monoisotopic (exact) mass is 169 g/mol. The normalized spacial score (nSPS) is 11.0. The Labute approximate surface area is 72.2 Å². The fourth-order valence-electron chi connectivity index (χ4n) is 0.793. The molecule has 0 saturated heterocycles. The molecule has 0 fully saturated rings. The van der Waals surface area contributed by atoms with Crippen LogP contribution < -0.4 is 5.32 Å². The van der Waals surface area contributed by atoms with Crippen LogP contribution in [0.25, 0.3) is 0 Å². The molecule has 0 radical (unpaired) electrons. The summed E-state index contributed by atoms with van der Waals surface area (Å²) in [5, 5.41) is 15.1. The standard InChI is InChI=1S/C7H15N5/c1-6(2)7-9-11-12(10-7)5-4-8-3/h6,8H,4-5H2,1-3H3. The molecular formula is C7H15N5. The maximum absolute atomic E-state index is 4.20. The average molecular weight is 169 g/mol. The second kappa shape index (κ2) is 4.15. The SMILES string of the molecule is CNCCn1nnc(C(C)C)n1. The van der Waals surface area contributed by atoms with Crippen molar-refractivity contribution in [2.75, 3.05) is 13.6 Å². The van der Waals surface area contributed by atoms with Gasteiger partial charge in [0.2, 0.25) is 0 Å².